The molecule has 0 amide bonds. The Balaban J connectivity index is 3.67. The summed E-state index contributed by atoms with van der Waals surface area (Å²) in [6.45, 7) is -0.0570. The molecule has 0 heterocycles. The predicted octanol–water partition coefficient (Wildman–Crippen LogP) is 0.399. The predicted molar refractivity (Wildman–Crippen MR) is 54.0 cm³/mol. The van der Waals surface area contributed by atoms with Crippen LogP contribution in [0, 0.1) is 0 Å². The van der Waals surface area contributed by atoms with Crippen LogP contribution in [0.4, 0.5) is 0 Å². The summed E-state index contributed by atoms with van der Waals surface area (Å²) >= 11 is 5.38. The Bertz CT molecular complexity index is 265. The SMILES string of the molecule is O=C(O)CCNS(=O)(=O)CCCCCl. The Kier molecular flexibility index (Phi) is 6.86. The van der Waals surface area contributed by atoms with Crippen LogP contribution < -0.4 is 4.72 Å². The highest BCUT2D eigenvalue weighted by molar-refractivity contribution is 7.89. The number of unbranched alkanes of at least 4 members (excludes halogenated alkanes) is 1. The lowest BCUT2D eigenvalue weighted by atomic mass is 10.4. The summed E-state index contributed by atoms with van der Waals surface area (Å²) in [5.74, 6) is -0.585. The largest absolute Gasteiger partial charge is 0.481 e. The van der Waals surface area contributed by atoms with E-state index in [0.29, 0.717) is 18.7 Å². The Morgan fingerprint density at radius 2 is 2.00 bits per heavy atom. The Hall–Kier alpha value is -0.330. The fraction of sp³-hybridized carbons (Fsp3) is 0.857. The molecule has 0 radical (unpaired) electrons. The number of halogens is 1. The van der Waals surface area contributed by atoms with Gasteiger partial charge in [-0.1, -0.05) is 0 Å². The third kappa shape index (κ3) is 8.28. The second-order valence-electron chi connectivity index (χ2n) is 2.75. The van der Waals surface area contributed by atoms with E-state index in [0.717, 1.165) is 0 Å². The standard InChI is InChI=1S/C7H14ClNO4S/c8-4-1-2-6-14(12,13)9-5-3-7(10)11/h9H,1-6H2,(H,10,11). The number of sulfonamides is 1. The summed E-state index contributed by atoms with van der Waals surface area (Å²) in [5.41, 5.74) is 0. The Morgan fingerprint density at radius 1 is 1.36 bits per heavy atom. The number of hydrogen-bond acceptors (Lipinski definition) is 3. The van der Waals surface area contributed by atoms with Crippen molar-refractivity contribution in [2.45, 2.75) is 19.3 Å². The lowest BCUT2D eigenvalue weighted by Gasteiger charge is -2.03. The minimum Gasteiger partial charge on any atom is -0.481 e. The number of hydrogen-bond donors (Lipinski definition) is 2. The Morgan fingerprint density at radius 3 is 2.50 bits per heavy atom. The quantitative estimate of drug-likeness (QED) is 0.478. The van der Waals surface area contributed by atoms with Crippen molar-refractivity contribution in [1.82, 2.24) is 4.72 Å². The first-order valence-corrected chi connectivity index (χ1v) is 6.42. The normalized spacial score (nSPS) is 11.5. The second kappa shape index (κ2) is 7.03. The van der Waals surface area contributed by atoms with E-state index in [1.54, 1.807) is 0 Å². The molecule has 14 heavy (non-hydrogen) atoms. The maximum atomic E-state index is 11.1. The molecule has 7 heteroatoms. The number of alkyl halides is 1. The second-order valence-corrected chi connectivity index (χ2v) is 5.06. The molecule has 0 aromatic heterocycles. The van der Waals surface area contributed by atoms with E-state index in [4.69, 9.17) is 16.7 Å². The van der Waals surface area contributed by atoms with Gasteiger partial charge < -0.3 is 5.11 Å². The molecule has 0 aliphatic rings. The fourth-order valence-electron chi connectivity index (χ4n) is 0.772. The molecule has 0 fully saturated rings. The van der Waals surface area contributed by atoms with Gasteiger partial charge in [0.15, 0.2) is 0 Å². The molecule has 0 aliphatic carbocycles. The highest BCUT2D eigenvalue weighted by Crippen LogP contribution is 1.96. The zero-order valence-corrected chi connectivity index (χ0v) is 9.27. The van der Waals surface area contributed by atoms with E-state index < -0.39 is 16.0 Å². The van der Waals surface area contributed by atoms with Crippen molar-refractivity contribution < 1.29 is 18.3 Å². The highest BCUT2D eigenvalue weighted by Gasteiger charge is 2.09. The van der Waals surface area contributed by atoms with E-state index in [1.807, 2.05) is 0 Å². The molecule has 84 valence electrons. The fourth-order valence-corrected chi connectivity index (χ4v) is 2.10. The van der Waals surface area contributed by atoms with Crippen LogP contribution in [0.25, 0.3) is 0 Å². The van der Waals surface area contributed by atoms with Crippen molar-refractivity contribution in [2.75, 3.05) is 18.2 Å². The third-order valence-electron chi connectivity index (χ3n) is 1.46. The summed E-state index contributed by atoms with van der Waals surface area (Å²) in [5, 5.41) is 8.27. The van der Waals surface area contributed by atoms with Gasteiger partial charge in [-0.25, -0.2) is 13.1 Å². The molecular formula is C7H14ClNO4S. The molecule has 0 aromatic carbocycles. The van der Waals surface area contributed by atoms with Crippen LogP contribution in [-0.4, -0.2) is 37.7 Å². The first-order valence-electron chi connectivity index (χ1n) is 4.23. The maximum Gasteiger partial charge on any atom is 0.304 e. The van der Waals surface area contributed by atoms with Crippen LogP contribution in [-0.2, 0) is 14.8 Å². The third-order valence-corrected chi connectivity index (χ3v) is 3.19. The van der Waals surface area contributed by atoms with Crippen molar-refractivity contribution in [3.8, 4) is 0 Å². The van der Waals surface area contributed by atoms with Crippen LogP contribution >= 0.6 is 11.6 Å². The lowest BCUT2D eigenvalue weighted by Crippen LogP contribution is -2.28. The maximum absolute atomic E-state index is 11.1. The van der Waals surface area contributed by atoms with Gasteiger partial charge in [-0.05, 0) is 12.8 Å². The van der Waals surface area contributed by atoms with Gasteiger partial charge in [0, 0.05) is 12.4 Å². The lowest BCUT2D eigenvalue weighted by molar-refractivity contribution is -0.136. The summed E-state index contributed by atoms with van der Waals surface area (Å²) < 4.78 is 24.5. The zero-order chi connectivity index (χ0) is 11.0. The molecule has 0 saturated heterocycles. The molecule has 5 nitrogen and oxygen atoms in total. The molecular weight excluding hydrogens is 230 g/mol. The van der Waals surface area contributed by atoms with Crippen LogP contribution in [0.3, 0.4) is 0 Å². The Labute approximate surface area is 88.5 Å². The summed E-state index contributed by atoms with van der Waals surface area (Å²) in [4.78, 5) is 10.1. The highest BCUT2D eigenvalue weighted by atomic mass is 35.5. The zero-order valence-electron chi connectivity index (χ0n) is 7.70. The van der Waals surface area contributed by atoms with Crippen molar-refractivity contribution in [2.24, 2.45) is 0 Å². The van der Waals surface area contributed by atoms with Crippen LogP contribution in [0.2, 0.25) is 0 Å². The van der Waals surface area contributed by atoms with Gasteiger partial charge in [0.2, 0.25) is 10.0 Å². The van der Waals surface area contributed by atoms with Crippen LogP contribution in [0.5, 0.6) is 0 Å². The van der Waals surface area contributed by atoms with Crippen LogP contribution in [0.15, 0.2) is 0 Å². The number of carboxylic acids is 1. The van der Waals surface area contributed by atoms with Gasteiger partial charge >= 0.3 is 5.97 Å². The molecule has 0 spiro atoms. The van der Waals surface area contributed by atoms with E-state index >= 15 is 0 Å². The summed E-state index contributed by atoms with van der Waals surface area (Å²) in [6, 6.07) is 0. The monoisotopic (exact) mass is 243 g/mol. The van der Waals surface area contributed by atoms with E-state index in [2.05, 4.69) is 4.72 Å². The molecule has 0 bridgehead atoms. The molecule has 2 N–H and O–H groups in total. The van der Waals surface area contributed by atoms with Gasteiger partial charge in [0.25, 0.3) is 0 Å². The van der Waals surface area contributed by atoms with E-state index in [9.17, 15) is 13.2 Å². The average molecular weight is 244 g/mol. The first-order chi connectivity index (χ1) is 6.48. The number of carbonyl (C=O) groups is 1. The number of rotatable bonds is 8. The van der Waals surface area contributed by atoms with Crippen molar-refractivity contribution >= 4 is 27.6 Å². The van der Waals surface area contributed by atoms with E-state index in [1.165, 1.54) is 0 Å². The van der Waals surface area contributed by atoms with Crippen LogP contribution in [0.1, 0.15) is 19.3 Å². The molecule has 0 atom stereocenters. The number of carboxylic acid groups (broad SMARTS) is 1. The van der Waals surface area contributed by atoms with Gasteiger partial charge in [-0.15, -0.1) is 11.6 Å². The molecule has 0 saturated carbocycles. The first kappa shape index (κ1) is 13.7. The minimum atomic E-state index is -3.32. The topological polar surface area (TPSA) is 83.5 Å². The molecule has 0 rings (SSSR count). The summed E-state index contributed by atoms with van der Waals surface area (Å²) in [6.07, 6.45) is 0.933. The van der Waals surface area contributed by atoms with Gasteiger partial charge in [0.1, 0.15) is 0 Å². The number of nitrogens with one attached hydrogen (secondary N) is 1. The van der Waals surface area contributed by atoms with Crippen molar-refractivity contribution in [3.63, 3.8) is 0 Å². The van der Waals surface area contributed by atoms with Gasteiger partial charge in [-0.3, -0.25) is 4.79 Å². The average Bonchev–Trinajstić information content (AvgIpc) is 2.03. The number of aliphatic carboxylic acids is 1. The van der Waals surface area contributed by atoms with Gasteiger partial charge in [0.05, 0.1) is 12.2 Å². The summed E-state index contributed by atoms with van der Waals surface area (Å²) in [7, 11) is -3.32. The molecule has 0 aromatic rings. The minimum absolute atomic E-state index is 0.000656. The van der Waals surface area contributed by atoms with E-state index in [-0.39, 0.29) is 18.7 Å². The smallest absolute Gasteiger partial charge is 0.304 e. The van der Waals surface area contributed by atoms with Gasteiger partial charge in [-0.2, -0.15) is 0 Å². The van der Waals surface area contributed by atoms with Crippen molar-refractivity contribution in [1.29, 1.82) is 0 Å². The van der Waals surface area contributed by atoms with Crippen molar-refractivity contribution in [3.05, 3.63) is 0 Å². The molecule has 0 aliphatic heterocycles. The molecule has 0 unspecified atom stereocenters.